The van der Waals surface area contributed by atoms with E-state index in [2.05, 4.69) is 10.7 Å². The Balaban J connectivity index is 2.25. The molecule has 0 aliphatic carbocycles. The van der Waals surface area contributed by atoms with Crippen molar-refractivity contribution in [3.63, 3.8) is 0 Å². The largest absolute Gasteiger partial charge is 0.315 e. The van der Waals surface area contributed by atoms with E-state index < -0.39 is 0 Å². The molecular weight excluding hydrogens is 142 g/mol. The van der Waals surface area contributed by atoms with Gasteiger partial charge in [-0.25, -0.2) is 5.01 Å². The van der Waals surface area contributed by atoms with E-state index >= 15 is 0 Å². The molecule has 11 heavy (non-hydrogen) atoms. The molecular formula is C7H15N3O. The summed E-state index contributed by atoms with van der Waals surface area (Å²) in [6.07, 6.45) is 1.10. The zero-order chi connectivity index (χ0) is 8.10. The molecule has 0 aromatic heterocycles. The maximum absolute atomic E-state index is 10.7. The summed E-state index contributed by atoms with van der Waals surface area (Å²) in [6.45, 7) is 5.40. The minimum atomic E-state index is 0.0203. The Bertz CT molecular complexity index is 130. The molecule has 4 nitrogen and oxygen atoms in total. The van der Waals surface area contributed by atoms with Crippen LogP contribution in [0, 0.1) is 0 Å². The predicted molar refractivity (Wildman–Crippen MR) is 42.9 cm³/mol. The lowest BCUT2D eigenvalue weighted by atomic mass is 10.4. The van der Waals surface area contributed by atoms with Crippen LogP contribution in [0.4, 0.5) is 0 Å². The number of rotatable bonds is 1. The van der Waals surface area contributed by atoms with Crippen LogP contribution in [0.3, 0.4) is 0 Å². The van der Waals surface area contributed by atoms with Crippen LogP contribution in [0.1, 0.15) is 13.3 Å². The van der Waals surface area contributed by atoms with Crippen molar-refractivity contribution in [3.05, 3.63) is 0 Å². The minimum absolute atomic E-state index is 0.0203. The summed E-state index contributed by atoms with van der Waals surface area (Å²) in [5, 5.41) is 5.22. The summed E-state index contributed by atoms with van der Waals surface area (Å²) in [5.41, 5.74) is 2.78. The van der Waals surface area contributed by atoms with Crippen molar-refractivity contribution in [2.24, 2.45) is 0 Å². The zero-order valence-corrected chi connectivity index (χ0v) is 6.89. The van der Waals surface area contributed by atoms with E-state index in [0.717, 1.165) is 32.6 Å². The number of carbonyl (C=O) groups is 1. The fourth-order valence-corrected chi connectivity index (χ4v) is 1.18. The molecule has 0 unspecified atom stereocenters. The van der Waals surface area contributed by atoms with E-state index in [1.807, 2.05) is 5.01 Å². The average Bonchev–Trinajstić information content (AvgIpc) is 2.14. The number of hydrazine groups is 1. The molecule has 0 bridgehead atoms. The summed E-state index contributed by atoms with van der Waals surface area (Å²) >= 11 is 0. The molecule has 1 heterocycles. The van der Waals surface area contributed by atoms with Gasteiger partial charge >= 0.3 is 0 Å². The summed E-state index contributed by atoms with van der Waals surface area (Å²) in [6, 6.07) is 0. The van der Waals surface area contributed by atoms with Gasteiger partial charge in [0.25, 0.3) is 0 Å². The molecule has 1 fully saturated rings. The van der Waals surface area contributed by atoms with Gasteiger partial charge in [0.1, 0.15) is 0 Å². The van der Waals surface area contributed by atoms with Gasteiger partial charge in [-0.2, -0.15) is 0 Å². The lowest BCUT2D eigenvalue weighted by Gasteiger charge is -2.18. The van der Waals surface area contributed by atoms with Gasteiger partial charge in [-0.05, 0) is 13.0 Å². The summed E-state index contributed by atoms with van der Waals surface area (Å²) in [4.78, 5) is 10.7. The van der Waals surface area contributed by atoms with Crippen LogP contribution in [0.5, 0.6) is 0 Å². The Labute approximate surface area is 66.9 Å². The molecule has 0 spiro atoms. The molecule has 1 rings (SSSR count). The zero-order valence-electron chi connectivity index (χ0n) is 6.89. The van der Waals surface area contributed by atoms with E-state index in [0.29, 0.717) is 0 Å². The molecule has 1 saturated heterocycles. The second-order valence-corrected chi connectivity index (χ2v) is 2.76. The second kappa shape index (κ2) is 4.31. The van der Waals surface area contributed by atoms with Crippen LogP contribution < -0.4 is 10.7 Å². The van der Waals surface area contributed by atoms with E-state index in [9.17, 15) is 4.79 Å². The first kappa shape index (κ1) is 8.49. The minimum Gasteiger partial charge on any atom is -0.315 e. The SMILES string of the molecule is CC(=O)NN1CCCNCC1. The Kier molecular flexibility index (Phi) is 3.32. The van der Waals surface area contributed by atoms with Crippen LogP contribution >= 0.6 is 0 Å². The lowest BCUT2D eigenvalue weighted by molar-refractivity contribution is -0.123. The molecule has 64 valence electrons. The highest BCUT2D eigenvalue weighted by molar-refractivity contribution is 5.72. The second-order valence-electron chi connectivity index (χ2n) is 2.76. The van der Waals surface area contributed by atoms with Crippen LogP contribution in [-0.2, 0) is 4.79 Å². The van der Waals surface area contributed by atoms with Crippen molar-refractivity contribution in [2.75, 3.05) is 26.2 Å². The van der Waals surface area contributed by atoms with E-state index in [1.165, 1.54) is 0 Å². The van der Waals surface area contributed by atoms with Crippen molar-refractivity contribution in [1.29, 1.82) is 0 Å². The van der Waals surface area contributed by atoms with Crippen molar-refractivity contribution < 1.29 is 4.79 Å². The standard InChI is InChI=1S/C7H15N3O/c1-7(11)9-10-5-2-3-8-4-6-10/h8H,2-6H2,1H3,(H,9,11). The maximum Gasteiger partial charge on any atom is 0.231 e. The highest BCUT2D eigenvalue weighted by atomic mass is 16.2. The van der Waals surface area contributed by atoms with Crippen LogP contribution in [-0.4, -0.2) is 37.1 Å². The number of hydrogen-bond donors (Lipinski definition) is 2. The molecule has 0 saturated carbocycles. The normalized spacial score (nSPS) is 20.8. The van der Waals surface area contributed by atoms with Gasteiger partial charge in [-0.15, -0.1) is 0 Å². The summed E-state index contributed by atoms with van der Waals surface area (Å²) < 4.78 is 0. The summed E-state index contributed by atoms with van der Waals surface area (Å²) in [5.74, 6) is 0.0203. The number of hydrogen-bond acceptors (Lipinski definition) is 3. The number of nitrogens with zero attached hydrogens (tertiary/aromatic N) is 1. The Morgan fingerprint density at radius 1 is 1.45 bits per heavy atom. The molecule has 1 amide bonds. The van der Waals surface area contributed by atoms with Crippen LogP contribution in [0.2, 0.25) is 0 Å². The third kappa shape index (κ3) is 3.34. The smallest absolute Gasteiger partial charge is 0.231 e. The Morgan fingerprint density at radius 2 is 2.27 bits per heavy atom. The fraction of sp³-hybridized carbons (Fsp3) is 0.857. The first-order chi connectivity index (χ1) is 5.29. The molecule has 4 heteroatoms. The van der Waals surface area contributed by atoms with Crippen molar-refractivity contribution >= 4 is 5.91 Å². The van der Waals surface area contributed by atoms with Gasteiger partial charge < -0.3 is 5.32 Å². The van der Waals surface area contributed by atoms with Gasteiger partial charge in [0.2, 0.25) is 5.91 Å². The third-order valence-electron chi connectivity index (χ3n) is 1.66. The summed E-state index contributed by atoms with van der Waals surface area (Å²) in [7, 11) is 0. The van der Waals surface area contributed by atoms with Gasteiger partial charge in [0.15, 0.2) is 0 Å². The quantitative estimate of drug-likeness (QED) is 0.531. The first-order valence-electron chi connectivity index (χ1n) is 4.02. The lowest BCUT2D eigenvalue weighted by Crippen LogP contribution is -2.42. The molecule has 1 aliphatic rings. The average molecular weight is 157 g/mol. The van der Waals surface area contributed by atoms with Gasteiger partial charge in [-0.1, -0.05) is 0 Å². The predicted octanol–water partition coefficient (Wildman–Crippen LogP) is -0.667. The monoisotopic (exact) mass is 157 g/mol. The van der Waals surface area contributed by atoms with E-state index in [4.69, 9.17) is 0 Å². The molecule has 0 aromatic rings. The number of nitrogens with one attached hydrogen (secondary N) is 2. The van der Waals surface area contributed by atoms with Crippen LogP contribution in [0.15, 0.2) is 0 Å². The third-order valence-corrected chi connectivity index (χ3v) is 1.66. The Hall–Kier alpha value is -0.610. The molecule has 2 N–H and O–H groups in total. The molecule has 0 radical (unpaired) electrons. The highest BCUT2D eigenvalue weighted by Crippen LogP contribution is 1.90. The van der Waals surface area contributed by atoms with E-state index in [-0.39, 0.29) is 5.91 Å². The Morgan fingerprint density at radius 3 is 3.00 bits per heavy atom. The first-order valence-corrected chi connectivity index (χ1v) is 4.02. The molecule has 1 aliphatic heterocycles. The molecule has 0 aromatic carbocycles. The van der Waals surface area contributed by atoms with Gasteiger partial charge in [-0.3, -0.25) is 10.2 Å². The maximum atomic E-state index is 10.7. The fourth-order valence-electron chi connectivity index (χ4n) is 1.18. The van der Waals surface area contributed by atoms with Crippen LogP contribution in [0.25, 0.3) is 0 Å². The number of amides is 1. The highest BCUT2D eigenvalue weighted by Gasteiger charge is 2.07. The van der Waals surface area contributed by atoms with Gasteiger partial charge in [0.05, 0.1) is 0 Å². The van der Waals surface area contributed by atoms with Crippen molar-refractivity contribution in [2.45, 2.75) is 13.3 Å². The van der Waals surface area contributed by atoms with Crippen molar-refractivity contribution in [1.82, 2.24) is 15.8 Å². The van der Waals surface area contributed by atoms with Crippen molar-refractivity contribution in [3.8, 4) is 0 Å². The van der Waals surface area contributed by atoms with E-state index in [1.54, 1.807) is 6.92 Å². The number of carbonyl (C=O) groups excluding carboxylic acids is 1. The topological polar surface area (TPSA) is 44.4 Å². The van der Waals surface area contributed by atoms with Gasteiger partial charge in [0, 0.05) is 26.6 Å². The molecule has 0 atom stereocenters.